The zero-order valence-electron chi connectivity index (χ0n) is 15.7. The molecule has 0 aliphatic heterocycles. The number of aromatic nitrogens is 2. The third-order valence-electron chi connectivity index (χ3n) is 4.48. The summed E-state index contributed by atoms with van der Waals surface area (Å²) in [6, 6.07) is 15.1. The smallest absolute Gasteiger partial charge is 0.266 e. The Kier molecular flexibility index (Phi) is 5.65. The molecule has 3 aromatic rings. The summed E-state index contributed by atoms with van der Waals surface area (Å²) < 4.78 is 1.62. The van der Waals surface area contributed by atoms with Crippen molar-refractivity contribution in [1.29, 1.82) is 0 Å². The number of hydrogen-bond donors (Lipinski definition) is 1. The largest absolute Gasteiger partial charge is 0.369 e. The van der Waals surface area contributed by atoms with Crippen LogP contribution in [0.2, 0.25) is 0 Å². The fourth-order valence-electron chi connectivity index (χ4n) is 3.05. The lowest BCUT2D eigenvalue weighted by molar-refractivity contribution is -0.117. The van der Waals surface area contributed by atoms with Crippen molar-refractivity contribution in [2.45, 2.75) is 43.5 Å². The van der Waals surface area contributed by atoms with Crippen molar-refractivity contribution in [3.8, 4) is 5.69 Å². The highest BCUT2D eigenvalue weighted by atomic mass is 32.2. The number of para-hydroxylation sites is 2. The van der Waals surface area contributed by atoms with E-state index in [1.54, 1.807) is 10.6 Å². The molecule has 0 radical (unpaired) electrons. The van der Waals surface area contributed by atoms with Crippen LogP contribution in [-0.4, -0.2) is 20.7 Å². The van der Waals surface area contributed by atoms with E-state index >= 15 is 0 Å². The maximum atomic E-state index is 13.4. The normalized spacial score (nSPS) is 12.4. The van der Waals surface area contributed by atoms with Gasteiger partial charge in [-0.25, -0.2) is 4.98 Å². The lowest BCUT2D eigenvalue weighted by Gasteiger charge is -2.19. The number of nitrogens with two attached hydrogens (primary N) is 1. The standard InChI is InChI=1S/C21H23N3O2S/c1-4-18(19(22)25)27-21-23-16-11-7-5-10-15(16)20(26)24(21)17-12-8-6-9-14(17)13(2)3/h5-13,18H,4H2,1-3H3,(H2,22,25). The zero-order valence-corrected chi connectivity index (χ0v) is 16.5. The molecule has 1 amide bonds. The third-order valence-corrected chi connectivity index (χ3v) is 5.82. The SMILES string of the molecule is CCC(Sc1nc2ccccc2c(=O)n1-c1ccccc1C(C)C)C(N)=O. The molecule has 140 valence electrons. The van der Waals surface area contributed by atoms with E-state index in [1.807, 2.05) is 49.4 Å². The van der Waals surface area contributed by atoms with Gasteiger partial charge in [0, 0.05) is 0 Å². The Morgan fingerprint density at radius 2 is 1.81 bits per heavy atom. The summed E-state index contributed by atoms with van der Waals surface area (Å²) in [5.41, 5.74) is 7.84. The van der Waals surface area contributed by atoms with E-state index in [9.17, 15) is 9.59 Å². The lowest BCUT2D eigenvalue weighted by Crippen LogP contribution is -2.28. The molecule has 1 atom stereocenters. The van der Waals surface area contributed by atoms with Gasteiger partial charge in [-0.15, -0.1) is 0 Å². The van der Waals surface area contributed by atoms with Gasteiger partial charge in [-0.3, -0.25) is 14.2 Å². The highest BCUT2D eigenvalue weighted by Gasteiger charge is 2.22. The number of carbonyl (C=O) groups excluding carboxylic acids is 1. The van der Waals surface area contributed by atoms with Gasteiger partial charge in [0.05, 0.1) is 21.8 Å². The number of rotatable bonds is 6. The van der Waals surface area contributed by atoms with E-state index in [2.05, 4.69) is 13.8 Å². The van der Waals surface area contributed by atoms with Crippen LogP contribution in [0.4, 0.5) is 0 Å². The number of carbonyl (C=O) groups is 1. The molecule has 0 saturated heterocycles. The lowest BCUT2D eigenvalue weighted by atomic mass is 10.0. The number of benzene rings is 2. The Bertz CT molecular complexity index is 1040. The second-order valence-electron chi connectivity index (χ2n) is 6.68. The van der Waals surface area contributed by atoms with Crippen molar-refractivity contribution in [3.63, 3.8) is 0 Å². The molecule has 27 heavy (non-hydrogen) atoms. The van der Waals surface area contributed by atoms with Crippen molar-refractivity contribution < 1.29 is 4.79 Å². The van der Waals surface area contributed by atoms with Gasteiger partial charge in [-0.05, 0) is 36.1 Å². The highest BCUT2D eigenvalue weighted by Crippen LogP contribution is 2.29. The van der Waals surface area contributed by atoms with Gasteiger partial charge in [-0.2, -0.15) is 0 Å². The summed E-state index contributed by atoms with van der Waals surface area (Å²) in [6.45, 7) is 6.07. The van der Waals surface area contributed by atoms with E-state index in [0.29, 0.717) is 22.5 Å². The molecule has 2 N–H and O–H groups in total. The Balaban J connectivity index is 2.33. The molecule has 0 fully saturated rings. The summed E-state index contributed by atoms with van der Waals surface area (Å²) in [5, 5.41) is 0.584. The van der Waals surface area contributed by atoms with Crippen molar-refractivity contribution in [2.24, 2.45) is 5.73 Å². The van der Waals surface area contributed by atoms with E-state index in [0.717, 1.165) is 11.3 Å². The molecule has 1 unspecified atom stereocenters. The van der Waals surface area contributed by atoms with Crippen molar-refractivity contribution in [2.75, 3.05) is 0 Å². The minimum absolute atomic E-state index is 0.143. The van der Waals surface area contributed by atoms with Gasteiger partial charge in [0.15, 0.2) is 5.16 Å². The quantitative estimate of drug-likeness (QED) is 0.519. The molecule has 5 nitrogen and oxygen atoms in total. The number of hydrogen-bond acceptors (Lipinski definition) is 4. The molecule has 0 bridgehead atoms. The van der Waals surface area contributed by atoms with Crippen LogP contribution in [0.3, 0.4) is 0 Å². The molecule has 3 rings (SSSR count). The molecule has 2 aromatic carbocycles. The molecule has 1 heterocycles. The molecule has 0 aliphatic rings. The fraction of sp³-hybridized carbons (Fsp3) is 0.286. The Labute approximate surface area is 162 Å². The van der Waals surface area contributed by atoms with Gasteiger partial charge in [-0.1, -0.05) is 62.9 Å². The Hall–Kier alpha value is -2.60. The van der Waals surface area contributed by atoms with Crippen LogP contribution < -0.4 is 11.3 Å². The fourth-order valence-corrected chi connectivity index (χ4v) is 4.03. The summed E-state index contributed by atoms with van der Waals surface area (Å²) in [5.74, 6) is -0.177. The molecular weight excluding hydrogens is 358 g/mol. The van der Waals surface area contributed by atoms with Crippen LogP contribution in [-0.2, 0) is 4.79 Å². The van der Waals surface area contributed by atoms with Crippen molar-refractivity contribution in [1.82, 2.24) is 9.55 Å². The Morgan fingerprint density at radius 1 is 1.15 bits per heavy atom. The topological polar surface area (TPSA) is 78.0 Å². The van der Waals surface area contributed by atoms with Gasteiger partial charge in [0.25, 0.3) is 5.56 Å². The number of primary amides is 1. The second kappa shape index (κ2) is 7.96. The molecular formula is C21H23N3O2S. The first-order valence-electron chi connectivity index (χ1n) is 9.01. The monoisotopic (exact) mass is 381 g/mol. The van der Waals surface area contributed by atoms with Crippen LogP contribution >= 0.6 is 11.8 Å². The van der Waals surface area contributed by atoms with Crippen LogP contribution in [0, 0.1) is 0 Å². The minimum Gasteiger partial charge on any atom is -0.369 e. The van der Waals surface area contributed by atoms with E-state index < -0.39 is 11.2 Å². The predicted molar refractivity (Wildman–Crippen MR) is 111 cm³/mol. The maximum Gasteiger partial charge on any atom is 0.266 e. The number of amides is 1. The Morgan fingerprint density at radius 3 is 2.48 bits per heavy atom. The van der Waals surface area contributed by atoms with Gasteiger partial charge in [0.2, 0.25) is 5.91 Å². The first-order chi connectivity index (χ1) is 12.9. The van der Waals surface area contributed by atoms with E-state index in [4.69, 9.17) is 10.7 Å². The molecule has 0 saturated carbocycles. The van der Waals surface area contributed by atoms with E-state index in [-0.39, 0.29) is 11.5 Å². The molecule has 0 spiro atoms. The van der Waals surface area contributed by atoms with Gasteiger partial charge in [0.1, 0.15) is 0 Å². The maximum absolute atomic E-state index is 13.4. The number of thioether (sulfide) groups is 1. The van der Waals surface area contributed by atoms with Crippen LogP contribution in [0.5, 0.6) is 0 Å². The molecule has 0 aliphatic carbocycles. The van der Waals surface area contributed by atoms with Crippen molar-refractivity contribution in [3.05, 3.63) is 64.4 Å². The summed E-state index contributed by atoms with van der Waals surface area (Å²) >= 11 is 1.25. The van der Waals surface area contributed by atoms with Crippen LogP contribution in [0.1, 0.15) is 38.7 Å². The summed E-state index contributed by atoms with van der Waals surface area (Å²) in [7, 11) is 0. The number of fused-ring (bicyclic) bond motifs is 1. The van der Waals surface area contributed by atoms with Crippen LogP contribution in [0.25, 0.3) is 16.6 Å². The minimum atomic E-state index is -0.449. The van der Waals surface area contributed by atoms with Gasteiger partial charge < -0.3 is 5.73 Å². The van der Waals surface area contributed by atoms with Gasteiger partial charge >= 0.3 is 0 Å². The first-order valence-corrected chi connectivity index (χ1v) is 9.89. The summed E-state index contributed by atoms with van der Waals surface area (Å²) in [4.78, 5) is 29.9. The third kappa shape index (κ3) is 3.76. The average Bonchev–Trinajstić information content (AvgIpc) is 2.66. The second-order valence-corrected chi connectivity index (χ2v) is 7.85. The molecule has 6 heteroatoms. The van der Waals surface area contributed by atoms with Crippen LogP contribution in [0.15, 0.2) is 58.5 Å². The number of nitrogens with zero attached hydrogens (tertiary/aromatic N) is 2. The highest BCUT2D eigenvalue weighted by molar-refractivity contribution is 8.00. The van der Waals surface area contributed by atoms with Crippen molar-refractivity contribution >= 4 is 28.6 Å². The predicted octanol–water partition coefficient (Wildman–Crippen LogP) is 3.87. The zero-order chi connectivity index (χ0) is 19.6. The summed E-state index contributed by atoms with van der Waals surface area (Å²) in [6.07, 6.45) is 0.564. The first kappa shape index (κ1) is 19.2. The average molecular weight is 382 g/mol. The van der Waals surface area contributed by atoms with E-state index in [1.165, 1.54) is 11.8 Å². The molecule has 1 aromatic heterocycles.